The Morgan fingerprint density at radius 2 is 1.78 bits per heavy atom. The van der Waals surface area contributed by atoms with E-state index in [0.717, 1.165) is 24.3 Å². The Morgan fingerprint density at radius 1 is 0.963 bits per heavy atom. The van der Waals surface area contributed by atoms with E-state index < -0.39 is 0 Å². The van der Waals surface area contributed by atoms with Crippen LogP contribution in [0.3, 0.4) is 0 Å². The summed E-state index contributed by atoms with van der Waals surface area (Å²) in [6.07, 6.45) is 11.9. The van der Waals surface area contributed by atoms with Crippen LogP contribution < -0.4 is 4.90 Å². The van der Waals surface area contributed by atoms with Crippen molar-refractivity contribution in [3.63, 3.8) is 0 Å². The number of piperidine rings is 1. The number of hydrogen-bond donors (Lipinski definition) is 0. The average molecular weight is 367 g/mol. The molecule has 2 aliphatic heterocycles. The topological polar surface area (TPSA) is 23.6 Å². The van der Waals surface area contributed by atoms with Gasteiger partial charge in [-0.1, -0.05) is 50.8 Å². The minimum Gasteiger partial charge on any atom is -0.308 e. The highest BCUT2D eigenvalue weighted by atomic mass is 16.2. The van der Waals surface area contributed by atoms with E-state index in [2.05, 4.69) is 41.0 Å². The van der Waals surface area contributed by atoms with E-state index in [4.69, 9.17) is 0 Å². The molecule has 2 saturated carbocycles. The number of benzene rings is 1. The van der Waals surface area contributed by atoms with E-state index in [1.807, 2.05) is 0 Å². The summed E-state index contributed by atoms with van der Waals surface area (Å²) in [6.45, 7) is 4.71. The number of hydrogen-bond acceptors (Lipinski definition) is 2. The summed E-state index contributed by atoms with van der Waals surface area (Å²) in [5.41, 5.74) is 2.39. The maximum atomic E-state index is 12.7. The van der Waals surface area contributed by atoms with Crippen LogP contribution >= 0.6 is 0 Å². The molecule has 2 aliphatic carbocycles. The molecule has 27 heavy (non-hydrogen) atoms. The number of nitrogens with zero attached hydrogens (tertiary/aromatic N) is 2. The van der Waals surface area contributed by atoms with Crippen molar-refractivity contribution in [3.8, 4) is 0 Å². The Hall–Kier alpha value is -1.35. The second-order valence-corrected chi connectivity index (χ2v) is 9.67. The van der Waals surface area contributed by atoms with E-state index in [1.54, 1.807) is 0 Å². The van der Waals surface area contributed by atoms with Crippen molar-refractivity contribution >= 4 is 11.6 Å². The van der Waals surface area contributed by atoms with Crippen molar-refractivity contribution in [2.24, 2.45) is 17.8 Å². The molecule has 0 aromatic heterocycles. The molecule has 0 N–H and O–H groups in total. The summed E-state index contributed by atoms with van der Waals surface area (Å²) in [5.74, 6) is 2.89. The normalized spacial score (nSPS) is 37.1. The van der Waals surface area contributed by atoms with Crippen molar-refractivity contribution in [2.45, 2.75) is 76.8 Å². The first-order valence-corrected chi connectivity index (χ1v) is 11.3. The Labute approximate surface area is 164 Å². The van der Waals surface area contributed by atoms with E-state index in [0.29, 0.717) is 24.3 Å². The minimum atomic E-state index is 0.309. The molecule has 5 rings (SSSR count). The van der Waals surface area contributed by atoms with Gasteiger partial charge in [0.15, 0.2) is 0 Å². The van der Waals surface area contributed by atoms with Crippen LogP contribution in [0.2, 0.25) is 0 Å². The molecule has 0 bridgehead atoms. The number of para-hydroxylation sites is 1. The average Bonchev–Trinajstić information content (AvgIpc) is 3.03. The largest absolute Gasteiger partial charge is 0.308 e. The molecule has 4 aliphatic rings. The number of rotatable bonds is 2. The predicted octanol–water partition coefficient (Wildman–Crippen LogP) is 4.65. The molecule has 5 atom stereocenters. The lowest BCUT2D eigenvalue weighted by Gasteiger charge is -2.48. The lowest BCUT2D eigenvalue weighted by atomic mass is 9.69. The van der Waals surface area contributed by atoms with E-state index in [9.17, 15) is 4.79 Å². The van der Waals surface area contributed by atoms with Gasteiger partial charge in [0.2, 0.25) is 5.91 Å². The van der Waals surface area contributed by atoms with Gasteiger partial charge in [0.25, 0.3) is 0 Å². The molecular weight excluding hydrogens is 332 g/mol. The van der Waals surface area contributed by atoms with Crippen molar-refractivity contribution in [3.05, 3.63) is 29.8 Å². The predicted molar refractivity (Wildman–Crippen MR) is 110 cm³/mol. The van der Waals surface area contributed by atoms with Gasteiger partial charge >= 0.3 is 0 Å². The van der Waals surface area contributed by atoms with Gasteiger partial charge in [-0.3, -0.25) is 9.69 Å². The standard InChI is InChI=1S/C24H34N2O/c1-17-16-25(21-11-10-18-6-2-3-7-19(18)14-21)13-12-22(17)26-23-9-5-4-8-20(23)15-24(26)27/h4-5,8-9,17-19,21-22H,2-3,6-7,10-16H2,1H3. The third-order valence-electron chi connectivity index (χ3n) is 8.11. The fourth-order valence-corrected chi connectivity index (χ4v) is 6.70. The van der Waals surface area contributed by atoms with Gasteiger partial charge < -0.3 is 4.90 Å². The lowest BCUT2D eigenvalue weighted by Crippen LogP contribution is -2.54. The molecule has 1 saturated heterocycles. The van der Waals surface area contributed by atoms with Crippen molar-refractivity contribution < 1.29 is 4.79 Å². The summed E-state index contributed by atoms with van der Waals surface area (Å²) in [6, 6.07) is 9.58. The van der Waals surface area contributed by atoms with Gasteiger partial charge in [-0.2, -0.15) is 0 Å². The molecule has 1 amide bonds. The fourth-order valence-electron chi connectivity index (χ4n) is 6.70. The molecule has 146 valence electrons. The van der Waals surface area contributed by atoms with Gasteiger partial charge in [0.1, 0.15) is 0 Å². The Morgan fingerprint density at radius 3 is 2.63 bits per heavy atom. The van der Waals surface area contributed by atoms with Crippen LogP contribution in [-0.4, -0.2) is 36.0 Å². The number of carbonyl (C=O) groups excluding carboxylic acids is 1. The molecule has 2 heterocycles. The minimum absolute atomic E-state index is 0.309. The summed E-state index contributed by atoms with van der Waals surface area (Å²) >= 11 is 0. The summed E-state index contributed by atoms with van der Waals surface area (Å²) < 4.78 is 0. The van der Waals surface area contributed by atoms with Gasteiger partial charge in [0, 0.05) is 30.9 Å². The van der Waals surface area contributed by atoms with Gasteiger partial charge in [-0.25, -0.2) is 0 Å². The molecule has 3 fully saturated rings. The maximum absolute atomic E-state index is 12.7. The lowest BCUT2D eigenvalue weighted by molar-refractivity contribution is -0.118. The monoisotopic (exact) mass is 366 g/mol. The maximum Gasteiger partial charge on any atom is 0.231 e. The van der Waals surface area contributed by atoms with Crippen LogP contribution in [0.4, 0.5) is 5.69 Å². The van der Waals surface area contributed by atoms with Crippen molar-refractivity contribution in [1.82, 2.24) is 4.90 Å². The quantitative estimate of drug-likeness (QED) is 0.761. The summed E-state index contributed by atoms with van der Waals surface area (Å²) in [5, 5.41) is 0. The highest BCUT2D eigenvalue weighted by Crippen LogP contribution is 2.43. The third kappa shape index (κ3) is 3.22. The van der Waals surface area contributed by atoms with E-state index >= 15 is 0 Å². The van der Waals surface area contributed by atoms with Gasteiger partial charge in [-0.15, -0.1) is 0 Å². The zero-order valence-corrected chi connectivity index (χ0v) is 16.8. The number of anilines is 1. The van der Waals surface area contributed by atoms with Crippen LogP contribution in [0.25, 0.3) is 0 Å². The number of likely N-dealkylation sites (tertiary alicyclic amines) is 1. The van der Waals surface area contributed by atoms with Crippen LogP contribution in [0.5, 0.6) is 0 Å². The summed E-state index contributed by atoms with van der Waals surface area (Å²) in [4.78, 5) is 17.7. The molecule has 5 unspecified atom stereocenters. The molecule has 3 heteroatoms. The zero-order valence-electron chi connectivity index (χ0n) is 16.8. The highest BCUT2D eigenvalue weighted by molar-refractivity contribution is 6.01. The first kappa shape index (κ1) is 17.7. The molecule has 0 radical (unpaired) electrons. The number of fused-ring (bicyclic) bond motifs is 2. The first-order chi connectivity index (χ1) is 13.2. The van der Waals surface area contributed by atoms with Crippen LogP contribution in [0, 0.1) is 17.8 Å². The second kappa shape index (κ2) is 7.24. The molecule has 1 aromatic rings. The van der Waals surface area contributed by atoms with Crippen LogP contribution in [0.15, 0.2) is 24.3 Å². The summed E-state index contributed by atoms with van der Waals surface area (Å²) in [7, 11) is 0. The van der Waals surface area contributed by atoms with Crippen LogP contribution in [-0.2, 0) is 11.2 Å². The highest BCUT2D eigenvalue weighted by Gasteiger charge is 2.41. The Kier molecular flexibility index (Phi) is 4.75. The first-order valence-electron chi connectivity index (χ1n) is 11.3. The van der Waals surface area contributed by atoms with Gasteiger partial charge in [-0.05, 0) is 55.1 Å². The molecule has 1 aromatic carbocycles. The Balaban J connectivity index is 1.25. The van der Waals surface area contributed by atoms with Crippen LogP contribution in [0.1, 0.15) is 63.9 Å². The molecular formula is C24H34N2O. The number of amides is 1. The molecule has 0 spiro atoms. The van der Waals surface area contributed by atoms with E-state index in [-0.39, 0.29) is 0 Å². The Bertz CT molecular complexity index is 701. The van der Waals surface area contributed by atoms with Crippen molar-refractivity contribution in [2.75, 3.05) is 18.0 Å². The fraction of sp³-hybridized carbons (Fsp3) is 0.708. The van der Waals surface area contributed by atoms with Gasteiger partial charge in [0.05, 0.1) is 6.42 Å². The smallest absolute Gasteiger partial charge is 0.231 e. The number of carbonyl (C=O) groups is 1. The molecule has 3 nitrogen and oxygen atoms in total. The zero-order chi connectivity index (χ0) is 18.4. The SMILES string of the molecule is CC1CN(C2CCC3CCCCC3C2)CCC1N1C(=O)Cc2ccccc21. The van der Waals surface area contributed by atoms with Crippen molar-refractivity contribution in [1.29, 1.82) is 0 Å². The second-order valence-electron chi connectivity index (χ2n) is 9.67. The van der Waals surface area contributed by atoms with E-state index in [1.165, 1.54) is 69.3 Å². The third-order valence-corrected chi connectivity index (χ3v) is 8.11.